The van der Waals surface area contributed by atoms with Gasteiger partial charge in [-0.1, -0.05) is 24.9 Å². The Morgan fingerprint density at radius 3 is 2.80 bits per heavy atom. The molecule has 106 valence electrons. The molecule has 2 rings (SSSR count). The van der Waals surface area contributed by atoms with Gasteiger partial charge in [0.05, 0.1) is 13.2 Å². The lowest BCUT2D eigenvalue weighted by Crippen LogP contribution is -2.23. The van der Waals surface area contributed by atoms with Gasteiger partial charge in [0.15, 0.2) is 5.78 Å². The van der Waals surface area contributed by atoms with Crippen LogP contribution < -0.4 is 4.74 Å². The van der Waals surface area contributed by atoms with Gasteiger partial charge in [0.1, 0.15) is 11.7 Å². The zero-order valence-electron chi connectivity index (χ0n) is 11.7. The van der Waals surface area contributed by atoms with Crippen LogP contribution in [0, 0.1) is 23.2 Å². The molecular weight excluding hydrogens is 274 g/mol. The Labute approximate surface area is 124 Å². The lowest BCUT2D eigenvalue weighted by molar-refractivity contribution is -0.124. The van der Waals surface area contributed by atoms with E-state index in [2.05, 4.69) is 13.0 Å². The topological polar surface area (TPSA) is 50.1 Å². The quantitative estimate of drug-likeness (QED) is 0.843. The van der Waals surface area contributed by atoms with Gasteiger partial charge in [0, 0.05) is 16.5 Å². The van der Waals surface area contributed by atoms with Crippen LogP contribution in [-0.2, 0) is 4.79 Å². The highest BCUT2D eigenvalue weighted by Gasteiger charge is 2.36. The van der Waals surface area contributed by atoms with Crippen molar-refractivity contribution >= 4 is 17.4 Å². The molecule has 0 aromatic heterocycles. The minimum atomic E-state index is -0.797. The fourth-order valence-electron chi connectivity index (χ4n) is 3.00. The summed E-state index contributed by atoms with van der Waals surface area (Å²) >= 11 is 5.99. The molecule has 0 saturated heterocycles. The summed E-state index contributed by atoms with van der Waals surface area (Å²) in [6.07, 6.45) is 2.99. The predicted octanol–water partition coefficient (Wildman–Crippen LogP) is 3.96. The Kier molecular flexibility index (Phi) is 4.67. The Morgan fingerprint density at radius 2 is 2.25 bits per heavy atom. The molecule has 20 heavy (non-hydrogen) atoms. The summed E-state index contributed by atoms with van der Waals surface area (Å²) in [6, 6.07) is 7.19. The second-order valence-corrected chi connectivity index (χ2v) is 5.80. The van der Waals surface area contributed by atoms with Crippen LogP contribution in [0.25, 0.3) is 0 Å². The van der Waals surface area contributed by atoms with Crippen molar-refractivity contribution in [3.05, 3.63) is 28.8 Å². The van der Waals surface area contributed by atoms with Gasteiger partial charge < -0.3 is 4.74 Å². The highest BCUT2D eigenvalue weighted by Crippen LogP contribution is 2.38. The van der Waals surface area contributed by atoms with Crippen LogP contribution in [0.1, 0.15) is 37.7 Å². The standard InChI is InChI=1S/C16H18ClNO2/c1-10-4-3-5-12(10)16(19)14(9-18)13-8-11(17)6-7-15(13)20-2/h6-8,10,12,14H,3-5H2,1-2H3. The number of methoxy groups -OCH3 is 1. The van der Waals surface area contributed by atoms with E-state index < -0.39 is 5.92 Å². The highest BCUT2D eigenvalue weighted by atomic mass is 35.5. The summed E-state index contributed by atoms with van der Waals surface area (Å²) in [5.74, 6) is 0.0686. The van der Waals surface area contributed by atoms with Gasteiger partial charge in [0.25, 0.3) is 0 Å². The molecule has 0 aliphatic heterocycles. The maximum absolute atomic E-state index is 12.6. The molecule has 1 aliphatic carbocycles. The first kappa shape index (κ1) is 14.9. The number of nitrogens with zero attached hydrogens (tertiary/aromatic N) is 1. The lowest BCUT2D eigenvalue weighted by Gasteiger charge is -2.19. The first-order valence-electron chi connectivity index (χ1n) is 6.85. The van der Waals surface area contributed by atoms with Gasteiger partial charge in [-0.3, -0.25) is 4.79 Å². The number of Topliss-reactive ketones (excluding diaryl/α,β-unsaturated/α-hetero) is 1. The van der Waals surface area contributed by atoms with Gasteiger partial charge in [-0.15, -0.1) is 0 Å². The number of benzene rings is 1. The molecule has 3 nitrogen and oxygen atoms in total. The molecule has 0 N–H and O–H groups in total. The molecule has 0 amide bonds. The molecule has 0 heterocycles. The van der Waals surface area contributed by atoms with Crippen LogP contribution in [0.4, 0.5) is 0 Å². The van der Waals surface area contributed by atoms with Crippen molar-refractivity contribution in [1.29, 1.82) is 5.26 Å². The van der Waals surface area contributed by atoms with E-state index in [1.165, 1.54) is 7.11 Å². The molecule has 0 bridgehead atoms. The molecule has 1 aromatic carbocycles. The normalized spacial score (nSPS) is 23.1. The van der Waals surface area contributed by atoms with E-state index in [0.717, 1.165) is 19.3 Å². The number of nitriles is 1. The van der Waals surface area contributed by atoms with Crippen molar-refractivity contribution in [3.63, 3.8) is 0 Å². The van der Waals surface area contributed by atoms with Gasteiger partial charge in [0.2, 0.25) is 0 Å². The van der Waals surface area contributed by atoms with Crippen molar-refractivity contribution in [2.24, 2.45) is 11.8 Å². The van der Waals surface area contributed by atoms with Crippen LogP contribution in [0.5, 0.6) is 5.75 Å². The van der Waals surface area contributed by atoms with Crippen molar-refractivity contribution in [2.45, 2.75) is 32.1 Å². The fourth-order valence-corrected chi connectivity index (χ4v) is 3.18. The predicted molar refractivity (Wildman–Crippen MR) is 77.9 cm³/mol. The van der Waals surface area contributed by atoms with Crippen LogP contribution >= 0.6 is 11.6 Å². The summed E-state index contributed by atoms with van der Waals surface area (Å²) < 4.78 is 5.26. The Hall–Kier alpha value is -1.53. The number of carbonyl (C=O) groups is 1. The van der Waals surface area contributed by atoms with Crippen molar-refractivity contribution in [2.75, 3.05) is 7.11 Å². The number of ketones is 1. The zero-order valence-corrected chi connectivity index (χ0v) is 12.5. The van der Waals surface area contributed by atoms with Crippen LogP contribution in [0.2, 0.25) is 5.02 Å². The molecule has 1 saturated carbocycles. The first-order chi connectivity index (χ1) is 9.58. The van der Waals surface area contributed by atoms with Gasteiger partial charge in [-0.2, -0.15) is 5.26 Å². The van der Waals surface area contributed by atoms with Crippen LogP contribution in [-0.4, -0.2) is 12.9 Å². The second kappa shape index (κ2) is 6.28. The third kappa shape index (κ3) is 2.81. The van der Waals surface area contributed by atoms with E-state index in [9.17, 15) is 10.1 Å². The third-order valence-electron chi connectivity index (χ3n) is 4.14. The zero-order chi connectivity index (χ0) is 14.7. The number of carbonyl (C=O) groups excluding carboxylic acids is 1. The van der Waals surface area contributed by atoms with Crippen LogP contribution in [0.3, 0.4) is 0 Å². The number of hydrogen-bond acceptors (Lipinski definition) is 3. The van der Waals surface area contributed by atoms with Gasteiger partial charge >= 0.3 is 0 Å². The number of ether oxygens (including phenoxy) is 1. The average Bonchev–Trinajstić information content (AvgIpc) is 2.86. The molecular formula is C16H18ClNO2. The first-order valence-corrected chi connectivity index (χ1v) is 7.23. The second-order valence-electron chi connectivity index (χ2n) is 5.37. The van der Waals surface area contributed by atoms with E-state index in [4.69, 9.17) is 16.3 Å². The third-order valence-corrected chi connectivity index (χ3v) is 4.38. The molecule has 0 radical (unpaired) electrons. The Morgan fingerprint density at radius 1 is 1.50 bits per heavy atom. The van der Waals surface area contributed by atoms with E-state index in [1.807, 2.05) is 0 Å². The minimum absolute atomic E-state index is 0.00179. The summed E-state index contributed by atoms with van der Waals surface area (Å²) in [6.45, 7) is 2.08. The number of rotatable bonds is 4. The monoisotopic (exact) mass is 291 g/mol. The number of halogens is 1. The smallest absolute Gasteiger partial charge is 0.157 e. The van der Waals surface area contributed by atoms with Crippen molar-refractivity contribution in [1.82, 2.24) is 0 Å². The van der Waals surface area contributed by atoms with E-state index >= 15 is 0 Å². The highest BCUT2D eigenvalue weighted by molar-refractivity contribution is 6.30. The van der Waals surface area contributed by atoms with Crippen molar-refractivity contribution < 1.29 is 9.53 Å². The number of hydrogen-bond donors (Lipinski definition) is 0. The van der Waals surface area contributed by atoms with E-state index in [1.54, 1.807) is 18.2 Å². The largest absolute Gasteiger partial charge is 0.496 e. The Bertz CT molecular complexity index is 550. The summed E-state index contributed by atoms with van der Waals surface area (Å²) in [4.78, 5) is 12.6. The van der Waals surface area contributed by atoms with Gasteiger partial charge in [-0.25, -0.2) is 0 Å². The SMILES string of the molecule is COc1ccc(Cl)cc1C(C#N)C(=O)C1CCCC1C. The summed E-state index contributed by atoms with van der Waals surface area (Å²) in [5, 5.41) is 9.95. The van der Waals surface area contributed by atoms with Crippen LogP contribution in [0.15, 0.2) is 18.2 Å². The molecule has 3 unspecified atom stereocenters. The molecule has 1 aromatic rings. The molecule has 1 aliphatic rings. The van der Waals surface area contributed by atoms with Crippen molar-refractivity contribution in [3.8, 4) is 11.8 Å². The molecule has 4 heteroatoms. The Balaban J connectivity index is 2.35. The summed E-state index contributed by atoms with van der Waals surface area (Å²) in [5.41, 5.74) is 0.576. The van der Waals surface area contributed by atoms with E-state index in [-0.39, 0.29) is 11.7 Å². The van der Waals surface area contributed by atoms with E-state index in [0.29, 0.717) is 22.3 Å². The molecule has 1 fully saturated rings. The molecule has 0 spiro atoms. The summed E-state index contributed by atoms with van der Waals surface area (Å²) in [7, 11) is 1.53. The maximum atomic E-state index is 12.6. The van der Waals surface area contributed by atoms with Gasteiger partial charge in [-0.05, 0) is 37.0 Å². The lowest BCUT2D eigenvalue weighted by atomic mass is 9.83. The fraction of sp³-hybridized carbons (Fsp3) is 0.500. The maximum Gasteiger partial charge on any atom is 0.157 e. The molecule has 3 atom stereocenters. The average molecular weight is 292 g/mol. The minimum Gasteiger partial charge on any atom is -0.496 e.